The fourth-order valence-electron chi connectivity index (χ4n) is 4.32. The first-order valence-corrected chi connectivity index (χ1v) is 13.7. The van der Waals surface area contributed by atoms with Gasteiger partial charge in [0.15, 0.2) is 0 Å². The predicted molar refractivity (Wildman–Crippen MR) is 129 cm³/mol. The molecule has 32 heavy (non-hydrogen) atoms. The average molecular weight is 469 g/mol. The van der Waals surface area contributed by atoms with Crippen LogP contribution in [0.5, 0.6) is 0 Å². The summed E-state index contributed by atoms with van der Waals surface area (Å²) >= 11 is 0. The van der Waals surface area contributed by atoms with Gasteiger partial charge in [-0.25, -0.2) is 4.39 Å². The molecule has 0 aromatic carbocycles. The van der Waals surface area contributed by atoms with Crippen LogP contribution in [-0.4, -0.2) is 25.6 Å². The summed E-state index contributed by atoms with van der Waals surface area (Å²) in [5, 5.41) is 0. The van der Waals surface area contributed by atoms with Gasteiger partial charge in [0.25, 0.3) is 0 Å². The van der Waals surface area contributed by atoms with Crippen LogP contribution in [0.4, 0.5) is 17.6 Å². The Hall–Kier alpha value is -0.320. The molecule has 2 atom stereocenters. The third kappa shape index (κ3) is 21.5. The molecule has 0 spiro atoms. The molecule has 0 radical (unpaired) electrons. The van der Waals surface area contributed by atoms with Crippen LogP contribution < -0.4 is 0 Å². The number of alkyl halides is 4. The van der Waals surface area contributed by atoms with E-state index in [0.717, 1.165) is 83.8 Å². The number of hydrogen-bond donors (Lipinski definition) is 0. The van der Waals surface area contributed by atoms with Gasteiger partial charge in [0.1, 0.15) is 6.17 Å². The second kappa shape index (κ2) is 22.5. The summed E-state index contributed by atoms with van der Waals surface area (Å²) in [6.45, 7) is 5.76. The van der Waals surface area contributed by atoms with Crippen molar-refractivity contribution in [2.75, 3.05) is 13.2 Å². The Labute approximate surface area is 196 Å². The molecular formula is C27H52F4O. The Morgan fingerprint density at radius 2 is 0.969 bits per heavy atom. The summed E-state index contributed by atoms with van der Waals surface area (Å²) in [5.41, 5.74) is 0. The first-order chi connectivity index (χ1) is 15.4. The van der Waals surface area contributed by atoms with Crippen molar-refractivity contribution >= 4 is 0 Å². The van der Waals surface area contributed by atoms with Gasteiger partial charge >= 0.3 is 6.18 Å². The monoisotopic (exact) mass is 468 g/mol. The van der Waals surface area contributed by atoms with E-state index in [9.17, 15) is 17.6 Å². The molecule has 0 aliphatic heterocycles. The molecule has 5 heteroatoms. The minimum atomic E-state index is -4.07. The maximum absolute atomic E-state index is 14.0. The van der Waals surface area contributed by atoms with Crippen LogP contribution in [0.1, 0.15) is 142 Å². The van der Waals surface area contributed by atoms with Crippen molar-refractivity contribution in [2.24, 2.45) is 5.92 Å². The molecule has 0 amide bonds. The third-order valence-corrected chi connectivity index (χ3v) is 6.45. The number of halogens is 4. The fraction of sp³-hybridized carbons (Fsp3) is 1.00. The zero-order chi connectivity index (χ0) is 23.9. The molecular weight excluding hydrogens is 416 g/mol. The van der Waals surface area contributed by atoms with E-state index in [4.69, 9.17) is 4.74 Å². The Bertz CT molecular complexity index is 373. The van der Waals surface area contributed by atoms with Crippen molar-refractivity contribution in [3.63, 3.8) is 0 Å². The number of hydrogen-bond acceptors (Lipinski definition) is 1. The minimum absolute atomic E-state index is 0.238. The van der Waals surface area contributed by atoms with Crippen molar-refractivity contribution in [3.05, 3.63) is 0 Å². The lowest BCUT2D eigenvalue weighted by Crippen LogP contribution is -2.22. The predicted octanol–water partition coefficient (Wildman–Crippen LogP) is 10.4. The summed E-state index contributed by atoms with van der Waals surface area (Å²) in [6.07, 6.45) is 12.7. The molecule has 0 aromatic rings. The average Bonchev–Trinajstić information content (AvgIpc) is 2.75. The summed E-state index contributed by atoms with van der Waals surface area (Å²) in [4.78, 5) is 0. The van der Waals surface area contributed by atoms with Gasteiger partial charge in [-0.05, 0) is 39.0 Å². The van der Waals surface area contributed by atoms with Crippen molar-refractivity contribution in [3.8, 4) is 0 Å². The van der Waals surface area contributed by atoms with Crippen LogP contribution in [0.2, 0.25) is 0 Å². The highest BCUT2D eigenvalue weighted by Gasteiger charge is 2.38. The lowest BCUT2D eigenvalue weighted by molar-refractivity contribution is -0.178. The van der Waals surface area contributed by atoms with Gasteiger partial charge in [-0.1, -0.05) is 103 Å². The van der Waals surface area contributed by atoms with Gasteiger partial charge in [0.2, 0.25) is 0 Å². The maximum atomic E-state index is 14.0. The van der Waals surface area contributed by atoms with Gasteiger partial charge in [-0.3, -0.25) is 0 Å². The molecule has 2 unspecified atom stereocenters. The Kier molecular flexibility index (Phi) is 22.2. The highest BCUT2D eigenvalue weighted by Crippen LogP contribution is 2.34. The topological polar surface area (TPSA) is 9.23 Å². The van der Waals surface area contributed by atoms with Gasteiger partial charge in [-0.2, -0.15) is 13.2 Å². The summed E-state index contributed by atoms with van der Waals surface area (Å²) in [6, 6.07) is 0. The summed E-state index contributed by atoms with van der Waals surface area (Å²) in [5.74, 6) is -1.15. The largest absolute Gasteiger partial charge is 0.391 e. The van der Waals surface area contributed by atoms with Crippen molar-refractivity contribution < 1.29 is 22.3 Å². The normalized spacial score (nSPS) is 14.1. The molecule has 0 fully saturated rings. The van der Waals surface area contributed by atoms with E-state index >= 15 is 0 Å². The highest BCUT2D eigenvalue weighted by molar-refractivity contribution is 4.68. The number of ether oxygens (including phenoxy) is 1. The van der Waals surface area contributed by atoms with E-state index in [0.29, 0.717) is 25.7 Å². The lowest BCUT2D eigenvalue weighted by Gasteiger charge is -2.20. The first kappa shape index (κ1) is 31.7. The van der Waals surface area contributed by atoms with Crippen LogP contribution in [0.25, 0.3) is 0 Å². The molecule has 194 valence electrons. The second-order valence-corrected chi connectivity index (χ2v) is 9.49. The summed E-state index contributed by atoms with van der Waals surface area (Å²) in [7, 11) is 0. The Morgan fingerprint density at radius 1 is 0.562 bits per heavy atom. The van der Waals surface area contributed by atoms with Crippen LogP contribution in [-0.2, 0) is 4.74 Å². The standard InChI is InChI=1S/C27H52F4O/c1-3-5-6-7-8-10-15-20-25(27(29,30)31)21-16-12-13-18-23-26(28)22-17-11-9-14-19-24-32-4-2/h25-26H,3-24H2,1-2H3. The number of unbranched alkanes of at least 4 members (excludes halogenated alkanes) is 13. The molecule has 0 N–H and O–H groups in total. The minimum Gasteiger partial charge on any atom is -0.382 e. The SMILES string of the molecule is CCCCCCCCCC(CCCCCCC(F)CCCCCCCOCC)C(F)(F)F. The molecule has 0 heterocycles. The van der Waals surface area contributed by atoms with Crippen molar-refractivity contribution in [1.82, 2.24) is 0 Å². The summed E-state index contributed by atoms with van der Waals surface area (Å²) < 4.78 is 59.1. The smallest absolute Gasteiger partial charge is 0.382 e. The quantitative estimate of drug-likeness (QED) is 0.101. The van der Waals surface area contributed by atoms with E-state index in [-0.39, 0.29) is 12.8 Å². The van der Waals surface area contributed by atoms with E-state index in [2.05, 4.69) is 6.92 Å². The van der Waals surface area contributed by atoms with E-state index in [1.54, 1.807) is 0 Å². The van der Waals surface area contributed by atoms with Gasteiger partial charge < -0.3 is 4.74 Å². The molecule has 1 nitrogen and oxygen atoms in total. The molecule has 0 saturated carbocycles. The van der Waals surface area contributed by atoms with E-state index in [1.807, 2.05) is 6.92 Å². The molecule has 0 aliphatic rings. The lowest BCUT2D eigenvalue weighted by atomic mass is 9.93. The maximum Gasteiger partial charge on any atom is 0.391 e. The fourth-order valence-corrected chi connectivity index (χ4v) is 4.32. The van der Waals surface area contributed by atoms with Crippen LogP contribution in [0.15, 0.2) is 0 Å². The third-order valence-electron chi connectivity index (χ3n) is 6.45. The van der Waals surface area contributed by atoms with Crippen molar-refractivity contribution in [1.29, 1.82) is 0 Å². The second-order valence-electron chi connectivity index (χ2n) is 9.49. The van der Waals surface area contributed by atoms with Crippen LogP contribution in [0.3, 0.4) is 0 Å². The van der Waals surface area contributed by atoms with Crippen LogP contribution in [0, 0.1) is 5.92 Å². The molecule has 0 rings (SSSR count). The first-order valence-electron chi connectivity index (χ1n) is 13.7. The van der Waals surface area contributed by atoms with Crippen LogP contribution >= 0.6 is 0 Å². The molecule has 0 saturated heterocycles. The zero-order valence-corrected chi connectivity index (χ0v) is 21.1. The molecule has 0 aromatic heterocycles. The van der Waals surface area contributed by atoms with Crippen molar-refractivity contribution in [2.45, 2.75) is 155 Å². The van der Waals surface area contributed by atoms with E-state index < -0.39 is 18.3 Å². The molecule has 0 bridgehead atoms. The Balaban J connectivity index is 3.65. The van der Waals surface area contributed by atoms with Gasteiger partial charge in [0, 0.05) is 13.2 Å². The van der Waals surface area contributed by atoms with Gasteiger partial charge in [-0.15, -0.1) is 0 Å². The molecule has 0 aliphatic carbocycles. The Morgan fingerprint density at radius 3 is 1.41 bits per heavy atom. The van der Waals surface area contributed by atoms with E-state index in [1.165, 1.54) is 19.3 Å². The zero-order valence-electron chi connectivity index (χ0n) is 21.1. The van der Waals surface area contributed by atoms with Gasteiger partial charge in [0.05, 0.1) is 5.92 Å². The number of rotatable bonds is 24. The highest BCUT2D eigenvalue weighted by atomic mass is 19.4.